The number of H-pyrrole nitrogens is 1. The number of nitrogens with zero attached hydrogens (tertiary/aromatic N) is 3. The standard InChI is InChI=1S/C27H29Cl2F3N6O/c28-15-4-6-20-18(12-15)17-8-10-38(21(24(17)35-20)14-34-16-2-1-3-16)26(39)22-13-33-9-11-37(22)23-7-5-19(29)25(36-23)27(30,31)32/h4-7,12,16,21-22,33-35H,1-3,8-11,13-14H2. The summed E-state index contributed by atoms with van der Waals surface area (Å²) in [5, 5.41) is 8.12. The molecule has 1 aliphatic carbocycles. The van der Waals surface area contributed by atoms with Gasteiger partial charge < -0.3 is 25.4 Å². The molecule has 0 bridgehead atoms. The maximum absolute atomic E-state index is 14.2. The summed E-state index contributed by atoms with van der Waals surface area (Å²) in [4.78, 5) is 25.1. The van der Waals surface area contributed by atoms with E-state index in [1.54, 1.807) is 4.90 Å². The smallest absolute Gasteiger partial charge is 0.356 e. The predicted octanol–water partition coefficient (Wildman–Crippen LogP) is 4.93. The fourth-order valence-electron chi connectivity index (χ4n) is 5.89. The summed E-state index contributed by atoms with van der Waals surface area (Å²) in [5.41, 5.74) is 1.97. The molecule has 6 rings (SSSR count). The predicted molar refractivity (Wildman–Crippen MR) is 145 cm³/mol. The SMILES string of the molecule is O=C(C1CNCCN1c1ccc(Cl)c(C(F)(F)F)n1)N1CCc2c([nH]c3ccc(Cl)cc23)C1CNC1CCC1. The first-order chi connectivity index (χ1) is 18.7. The third-order valence-electron chi connectivity index (χ3n) is 8.12. The van der Waals surface area contributed by atoms with E-state index in [1.165, 1.54) is 18.6 Å². The number of piperazine rings is 1. The number of anilines is 1. The van der Waals surface area contributed by atoms with Crippen LogP contribution >= 0.6 is 23.2 Å². The third kappa shape index (κ3) is 5.08. The molecule has 2 atom stereocenters. The molecule has 3 N–H and O–H groups in total. The van der Waals surface area contributed by atoms with E-state index in [0.29, 0.717) is 50.2 Å². The highest BCUT2D eigenvalue weighted by Gasteiger charge is 2.41. The minimum Gasteiger partial charge on any atom is -0.356 e. The number of benzene rings is 1. The van der Waals surface area contributed by atoms with E-state index in [0.717, 1.165) is 35.0 Å². The van der Waals surface area contributed by atoms with Crippen molar-refractivity contribution in [1.29, 1.82) is 0 Å². The lowest BCUT2D eigenvalue weighted by atomic mass is 9.91. The van der Waals surface area contributed by atoms with Crippen LogP contribution in [0.15, 0.2) is 30.3 Å². The van der Waals surface area contributed by atoms with Gasteiger partial charge in [0.2, 0.25) is 5.91 Å². The molecule has 1 amide bonds. The number of hydrogen-bond acceptors (Lipinski definition) is 5. The molecule has 2 fully saturated rings. The average molecular weight is 581 g/mol. The van der Waals surface area contributed by atoms with Gasteiger partial charge in [0, 0.05) is 60.4 Å². The van der Waals surface area contributed by atoms with E-state index in [-0.39, 0.29) is 17.8 Å². The highest BCUT2D eigenvalue weighted by molar-refractivity contribution is 6.31. The van der Waals surface area contributed by atoms with E-state index >= 15 is 0 Å². The molecule has 2 aromatic heterocycles. The maximum atomic E-state index is 14.2. The van der Waals surface area contributed by atoms with Crippen LogP contribution < -0.4 is 15.5 Å². The Morgan fingerprint density at radius 2 is 1.97 bits per heavy atom. The van der Waals surface area contributed by atoms with Crippen LogP contribution in [0.4, 0.5) is 19.0 Å². The molecule has 1 aromatic carbocycles. The molecule has 3 aromatic rings. The molecule has 12 heteroatoms. The molecule has 2 aliphatic heterocycles. The van der Waals surface area contributed by atoms with Crippen LogP contribution in [0.25, 0.3) is 10.9 Å². The average Bonchev–Trinajstić information content (AvgIpc) is 3.25. The Bertz CT molecular complexity index is 1390. The Morgan fingerprint density at radius 1 is 1.15 bits per heavy atom. The quantitative estimate of drug-likeness (QED) is 0.399. The monoisotopic (exact) mass is 580 g/mol. The van der Waals surface area contributed by atoms with Gasteiger partial charge in [0.05, 0.1) is 11.1 Å². The number of nitrogens with one attached hydrogen (secondary N) is 3. The molecule has 4 heterocycles. The van der Waals surface area contributed by atoms with Gasteiger partial charge in [0.1, 0.15) is 11.9 Å². The van der Waals surface area contributed by atoms with Crippen molar-refractivity contribution in [2.45, 2.75) is 50.0 Å². The number of carbonyl (C=O) groups is 1. The van der Waals surface area contributed by atoms with Crippen LogP contribution in [-0.4, -0.2) is 65.6 Å². The molecule has 208 valence electrons. The van der Waals surface area contributed by atoms with Gasteiger partial charge in [-0.25, -0.2) is 4.98 Å². The molecule has 1 saturated heterocycles. The summed E-state index contributed by atoms with van der Waals surface area (Å²) in [6.07, 6.45) is -0.628. The lowest BCUT2D eigenvalue weighted by molar-refractivity contribution is -0.141. The van der Waals surface area contributed by atoms with E-state index in [2.05, 4.69) is 20.6 Å². The largest absolute Gasteiger partial charge is 0.434 e. The molecule has 2 unspecified atom stereocenters. The number of aromatic nitrogens is 2. The zero-order valence-corrected chi connectivity index (χ0v) is 22.6. The van der Waals surface area contributed by atoms with E-state index in [4.69, 9.17) is 23.2 Å². The van der Waals surface area contributed by atoms with Crippen molar-refractivity contribution in [3.63, 3.8) is 0 Å². The Hall–Kier alpha value is -2.53. The van der Waals surface area contributed by atoms with E-state index in [1.807, 2.05) is 23.1 Å². The second-order valence-electron chi connectivity index (χ2n) is 10.5. The first kappa shape index (κ1) is 26.7. The summed E-state index contributed by atoms with van der Waals surface area (Å²) in [7, 11) is 0. The fourth-order valence-corrected chi connectivity index (χ4v) is 6.27. The van der Waals surface area contributed by atoms with Gasteiger partial charge in [0.15, 0.2) is 5.69 Å². The van der Waals surface area contributed by atoms with Gasteiger partial charge in [-0.2, -0.15) is 13.2 Å². The number of carbonyl (C=O) groups excluding carboxylic acids is 1. The van der Waals surface area contributed by atoms with Crippen LogP contribution in [-0.2, 0) is 17.4 Å². The fraction of sp³-hybridized carbons (Fsp3) is 0.481. The molecule has 3 aliphatic rings. The summed E-state index contributed by atoms with van der Waals surface area (Å²) < 4.78 is 40.7. The second-order valence-corrected chi connectivity index (χ2v) is 11.3. The summed E-state index contributed by atoms with van der Waals surface area (Å²) in [5.74, 6) is -0.0519. The maximum Gasteiger partial charge on any atom is 0.434 e. The summed E-state index contributed by atoms with van der Waals surface area (Å²) in [6, 6.07) is 7.88. The van der Waals surface area contributed by atoms with Gasteiger partial charge >= 0.3 is 6.18 Å². The highest BCUT2D eigenvalue weighted by Crippen LogP contribution is 2.38. The molecule has 0 spiro atoms. The Labute approximate surface area is 234 Å². The number of amides is 1. The minimum absolute atomic E-state index is 0.0914. The van der Waals surface area contributed by atoms with Crippen LogP contribution in [0.1, 0.15) is 42.3 Å². The van der Waals surface area contributed by atoms with Crippen molar-refractivity contribution < 1.29 is 18.0 Å². The first-order valence-corrected chi connectivity index (χ1v) is 14.0. The zero-order chi connectivity index (χ0) is 27.3. The van der Waals surface area contributed by atoms with Crippen molar-refractivity contribution >= 4 is 45.8 Å². The molecule has 7 nitrogen and oxygen atoms in total. The van der Waals surface area contributed by atoms with Crippen LogP contribution in [0, 0.1) is 0 Å². The number of alkyl halides is 3. The number of pyridine rings is 1. The van der Waals surface area contributed by atoms with Crippen molar-refractivity contribution in [2.24, 2.45) is 0 Å². The first-order valence-electron chi connectivity index (χ1n) is 13.3. The van der Waals surface area contributed by atoms with E-state index in [9.17, 15) is 18.0 Å². The third-order valence-corrected chi connectivity index (χ3v) is 8.66. The second kappa shape index (κ2) is 10.5. The lowest BCUT2D eigenvalue weighted by Crippen LogP contribution is -2.61. The van der Waals surface area contributed by atoms with Crippen molar-refractivity contribution in [2.75, 3.05) is 37.6 Å². The van der Waals surface area contributed by atoms with E-state index < -0.39 is 22.9 Å². The van der Waals surface area contributed by atoms with Gasteiger partial charge in [-0.05, 0) is 55.2 Å². The Balaban J connectivity index is 1.33. The Morgan fingerprint density at radius 3 is 2.72 bits per heavy atom. The topological polar surface area (TPSA) is 76.3 Å². The van der Waals surface area contributed by atoms with Crippen molar-refractivity contribution in [3.8, 4) is 0 Å². The number of rotatable bonds is 5. The van der Waals surface area contributed by atoms with Gasteiger partial charge in [-0.15, -0.1) is 0 Å². The summed E-state index contributed by atoms with van der Waals surface area (Å²) >= 11 is 12.1. The van der Waals surface area contributed by atoms with Gasteiger partial charge in [0.25, 0.3) is 0 Å². The molecular formula is C27H29Cl2F3N6O. The zero-order valence-electron chi connectivity index (χ0n) is 21.1. The van der Waals surface area contributed by atoms with Gasteiger partial charge in [-0.1, -0.05) is 29.6 Å². The number of hydrogen-bond donors (Lipinski definition) is 3. The highest BCUT2D eigenvalue weighted by atomic mass is 35.5. The number of fused-ring (bicyclic) bond motifs is 3. The van der Waals surface area contributed by atoms with Crippen molar-refractivity contribution in [3.05, 3.63) is 57.3 Å². The van der Waals surface area contributed by atoms with Crippen LogP contribution in [0.3, 0.4) is 0 Å². The Kier molecular flexibility index (Phi) is 7.16. The van der Waals surface area contributed by atoms with Crippen molar-refractivity contribution in [1.82, 2.24) is 25.5 Å². The van der Waals surface area contributed by atoms with Gasteiger partial charge in [-0.3, -0.25) is 4.79 Å². The molecule has 0 radical (unpaired) electrons. The summed E-state index contributed by atoms with van der Waals surface area (Å²) in [6.45, 7) is 2.25. The lowest BCUT2D eigenvalue weighted by Gasteiger charge is -2.43. The minimum atomic E-state index is -4.69. The number of aromatic amines is 1. The van der Waals surface area contributed by atoms with Crippen LogP contribution in [0.2, 0.25) is 10.0 Å². The molecule has 39 heavy (non-hydrogen) atoms. The molecule has 1 saturated carbocycles. The normalized spacial score (nSPS) is 22.2. The molecular weight excluding hydrogens is 552 g/mol. The number of halogens is 5. The van der Waals surface area contributed by atoms with Crippen LogP contribution in [0.5, 0.6) is 0 Å².